The van der Waals surface area contributed by atoms with Crippen LogP contribution in [0.4, 0.5) is 5.82 Å². The van der Waals surface area contributed by atoms with Gasteiger partial charge in [-0.05, 0) is 37.3 Å². The van der Waals surface area contributed by atoms with Crippen molar-refractivity contribution in [3.63, 3.8) is 0 Å². The number of hydrogen-bond donors (Lipinski definition) is 2. The average Bonchev–Trinajstić information content (AvgIpc) is 2.77. The molecule has 0 saturated carbocycles. The topological polar surface area (TPSA) is 66.0 Å². The van der Waals surface area contributed by atoms with Gasteiger partial charge in [0.1, 0.15) is 11.7 Å². The van der Waals surface area contributed by atoms with Crippen molar-refractivity contribution in [2.24, 2.45) is 17.6 Å². The summed E-state index contributed by atoms with van der Waals surface area (Å²) in [5.74, 6) is 2.53. The van der Waals surface area contributed by atoms with Gasteiger partial charge in [0, 0.05) is 24.3 Å². The van der Waals surface area contributed by atoms with Crippen LogP contribution in [0, 0.1) is 24.2 Å². The molecule has 0 amide bonds. The van der Waals surface area contributed by atoms with Gasteiger partial charge in [0.25, 0.3) is 0 Å². The van der Waals surface area contributed by atoms with Gasteiger partial charge < -0.3 is 10.6 Å². The van der Waals surface area contributed by atoms with Gasteiger partial charge in [-0.3, -0.25) is 5.41 Å². The molecule has 0 spiro atoms. The molecule has 4 nitrogen and oxygen atoms in total. The second kappa shape index (κ2) is 4.96. The first-order valence-electron chi connectivity index (χ1n) is 6.55. The van der Waals surface area contributed by atoms with Crippen LogP contribution >= 0.6 is 0 Å². The summed E-state index contributed by atoms with van der Waals surface area (Å²) in [5.41, 5.74) is 7.25. The van der Waals surface area contributed by atoms with E-state index in [4.69, 9.17) is 11.1 Å². The molecule has 1 aromatic heterocycles. The van der Waals surface area contributed by atoms with Crippen molar-refractivity contribution in [3.05, 3.63) is 23.4 Å². The number of nitrogens with zero attached hydrogens (tertiary/aromatic N) is 2. The molecule has 1 unspecified atom stereocenters. The normalized spacial score (nSPS) is 19.6. The van der Waals surface area contributed by atoms with Crippen molar-refractivity contribution in [3.8, 4) is 0 Å². The van der Waals surface area contributed by atoms with Gasteiger partial charge >= 0.3 is 0 Å². The number of rotatable bonds is 3. The molecule has 1 atom stereocenters. The third kappa shape index (κ3) is 2.63. The van der Waals surface area contributed by atoms with Gasteiger partial charge in [0.15, 0.2) is 0 Å². The molecule has 2 heterocycles. The standard InChI is InChI=1S/C14H22N4/c1-9(2)11-4-5-18(8-11)13-7-12(14(15)16)6-10(3)17-13/h6-7,9,11H,4-5,8H2,1-3H3,(H3,15,16). The third-order valence-electron chi connectivity index (χ3n) is 3.74. The predicted molar refractivity (Wildman–Crippen MR) is 75.1 cm³/mol. The van der Waals surface area contributed by atoms with E-state index in [-0.39, 0.29) is 5.84 Å². The molecule has 0 aromatic carbocycles. The van der Waals surface area contributed by atoms with Crippen LogP contribution in [0.5, 0.6) is 0 Å². The maximum absolute atomic E-state index is 7.54. The van der Waals surface area contributed by atoms with Gasteiger partial charge in [-0.1, -0.05) is 13.8 Å². The lowest BCUT2D eigenvalue weighted by Crippen LogP contribution is -2.23. The second-order valence-electron chi connectivity index (χ2n) is 5.51. The molecule has 1 aromatic rings. The maximum Gasteiger partial charge on any atom is 0.129 e. The lowest BCUT2D eigenvalue weighted by Gasteiger charge is -2.20. The fourth-order valence-electron chi connectivity index (χ4n) is 2.51. The van der Waals surface area contributed by atoms with Crippen LogP contribution in [0.1, 0.15) is 31.5 Å². The number of aryl methyl sites for hydroxylation is 1. The van der Waals surface area contributed by atoms with Crippen molar-refractivity contribution >= 4 is 11.7 Å². The van der Waals surface area contributed by atoms with Gasteiger partial charge in [0.05, 0.1) is 0 Å². The van der Waals surface area contributed by atoms with E-state index in [2.05, 4.69) is 23.7 Å². The number of nitrogen functional groups attached to an aromatic ring is 1. The SMILES string of the molecule is Cc1cc(C(=N)N)cc(N2CCC(C(C)C)C2)n1. The summed E-state index contributed by atoms with van der Waals surface area (Å²) < 4.78 is 0. The van der Waals surface area contributed by atoms with E-state index in [1.165, 1.54) is 6.42 Å². The van der Waals surface area contributed by atoms with Crippen LogP contribution in [0.2, 0.25) is 0 Å². The molecule has 0 radical (unpaired) electrons. The first kappa shape index (κ1) is 12.9. The Kier molecular flexibility index (Phi) is 3.55. The van der Waals surface area contributed by atoms with Crippen LogP contribution in [0.25, 0.3) is 0 Å². The highest BCUT2D eigenvalue weighted by atomic mass is 15.2. The third-order valence-corrected chi connectivity index (χ3v) is 3.74. The Morgan fingerprint density at radius 1 is 1.50 bits per heavy atom. The summed E-state index contributed by atoms with van der Waals surface area (Å²) in [6, 6.07) is 3.79. The molecule has 2 rings (SSSR count). The first-order valence-corrected chi connectivity index (χ1v) is 6.55. The average molecular weight is 246 g/mol. The lowest BCUT2D eigenvalue weighted by molar-refractivity contribution is 0.422. The fraction of sp³-hybridized carbons (Fsp3) is 0.571. The minimum Gasteiger partial charge on any atom is -0.384 e. The number of nitrogens with two attached hydrogens (primary N) is 1. The maximum atomic E-state index is 7.54. The van der Waals surface area contributed by atoms with Gasteiger partial charge in [0.2, 0.25) is 0 Å². The van der Waals surface area contributed by atoms with E-state index in [0.29, 0.717) is 5.92 Å². The van der Waals surface area contributed by atoms with Gasteiger partial charge in [-0.2, -0.15) is 0 Å². The quantitative estimate of drug-likeness (QED) is 0.634. The number of anilines is 1. The van der Waals surface area contributed by atoms with Crippen LogP contribution < -0.4 is 10.6 Å². The molecule has 0 bridgehead atoms. The molecule has 18 heavy (non-hydrogen) atoms. The van der Waals surface area contributed by atoms with E-state index >= 15 is 0 Å². The van der Waals surface area contributed by atoms with E-state index < -0.39 is 0 Å². The molecular formula is C14H22N4. The largest absolute Gasteiger partial charge is 0.384 e. The molecule has 0 aliphatic carbocycles. The van der Waals surface area contributed by atoms with E-state index in [1.54, 1.807) is 0 Å². The van der Waals surface area contributed by atoms with Crippen molar-refractivity contribution in [1.29, 1.82) is 5.41 Å². The summed E-state index contributed by atoms with van der Waals surface area (Å²) in [6.07, 6.45) is 1.22. The molecule has 4 heteroatoms. The Bertz CT molecular complexity index is 453. The Balaban J connectivity index is 2.21. The molecule has 1 aliphatic heterocycles. The first-order chi connectivity index (χ1) is 8.47. The minimum atomic E-state index is 0.112. The highest BCUT2D eigenvalue weighted by Crippen LogP contribution is 2.27. The number of nitrogens with one attached hydrogen (secondary N) is 1. The highest BCUT2D eigenvalue weighted by molar-refractivity contribution is 5.95. The smallest absolute Gasteiger partial charge is 0.129 e. The summed E-state index contributed by atoms with van der Waals surface area (Å²) in [5, 5.41) is 7.54. The molecular weight excluding hydrogens is 224 g/mol. The van der Waals surface area contributed by atoms with Gasteiger partial charge in [-0.15, -0.1) is 0 Å². The Morgan fingerprint density at radius 2 is 2.22 bits per heavy atom. The predicted octanol–water partition coefficient (Wildman–Crippen LogP) is 2.16. The van der Waals surface area contributed by atoms with E-state index in [1.807, 2.05) is 19.1 Å². The molecule has 1 saturated heterocycles. The zero-order valence-electron chi connectivity index (χ0n) is 11.4. The highest BCUT2D eigenvalue weighted by Gasteiger charge is 2.25. The number of hydrogen-bond acceptors (Lipinski definition) is 3. The van der Waals surface area contributed by atoms with Crippen LogP contribution in [0.15, 0.2) is 12.1 Å². The lowest BCUT2D eigenvalue weighted by atomic mass is 9.95. The van der Waals surface area contributed by atoms with Gasteiger partial charge in [-0.25, -0.2) is 4.98 Å². The zero-order chi connectivity index (χ0) is 13.3. The summed E-state index contributed by atoms with van der Waals surface area (Å²) >= 11 is 0. The minimum absolute atomic E-state index is 0.112. The number of pyridine rings is 1. The fourth-order valence-corrected chi connectivity index (χ4v) is 2.51. The number of aromatic nitrogens is 1. The van der Waals surface area contributed by atoms with Crippen molar-refractivity contribution in [2.75, 3.05) is 18.0 Å². The monoisotopic (exact) mass is 246 g/mol. The zero-order valence-corrected chi connectivity index (χ0v) is 11.4. The van der Waals surface area contributed by atoms with Crippen LogP contribution in [0.3, 0.4) is 0 Å². The Hall–Kier alpha value is -1.58. The Labute approximate surface area is 109 Å². The van der Waals surface area contributed by atoms with E-state index in [0.717, 1.165) is 36.1 Å². The molecule has 3 N–H and O–H groups in total. The Morgan fingerprint density at radius 3 is 2.78 bits per heavy atom. The van der Waals surface area contributed by atoms with E-state index in [9.17, 15) is 0 Å². The van der Waals surface area contributed by atoms with Crippen molar-refractivity contribution in [2.45, 2.75) is 27.2 Å². The van der Waals surface area contributed by atoms with Crippen LogP contribution in [-0.4, -0.2) is 23.9 Å². The van der Waals surface area contributed by atoms with Crippen molar-refractivity contribution < 1.29 is 0 Å². The summed E-state index contributed by atoms with van der Waals surface area (Å²) in [6.45, 7) is 8.62. The van der Waals surface area contributed by atoms with Crippen molar-refractivity contribution in [1.82, 2.24) is 4.98 Å². The number of amidine groups is 1. The summed E-state index contributed by atoms with van der Waals surface area (Å²) in [4.78, 5) is 6.88. The molecule has 1 fully saturated rings. The summed E-state index contributed by atoms with van der Waals surface area (Å²) in [7, 11) is 0. The molecule has 1 aliphatic rings. The molecule has 98 valence electrons. The van der Waals surface area contributed by atoms with Crippen LogP contribution in [-0.2, 0) is 0 Å². The second-order valence-corrected chi connectivity index (χ2v) is 5.51.